The van der Waals surface area contributed by atoms with Crippen molar-refractivity contribution in [2.24, 2.45) is 0 Å². The Kier molecular flexibility index (Phi) is 3.39. The number of rotatable bonds is 2. The Labute approximate surface area is 108 Å². The molecular formula is C12H13FN2O4. The lowest BCUT2D eigenvalue weighted by atomic mass is 10.1. The second-order valence-corrected chi connectivity index (χ2v) is 4.43. The molecule has 0 bridgehead atoms. The molecule has 1 heterocycles. The van der Waals surface area contributed by atoms with Crippen LogP contribution < -0.4 is 5.73 Å². The lowest BCUT2D eigenvalue weighted by molar-refractivity contribution is -0.141. The van der Waals surface area contributed by atoms with Gasteiger partial charge in [-0.25, -0.2) is 9.18 Å². The number of halogens is 1. The molecular weight excluding hydrogens is 255 g/mol. The van der Waals surface area contributed by atoms with Crippen molar-refractivity contribution in [1.29, 1.82) is 0 Å². The molecule has 2 atom stereocenters. The number of hydrogen-bond acceptors (Lipinski definition) is 4. The Morgan fingerprint density at radius 2 is 2.11 bits per heavy atom. The highest BCUT2D eigenvalue weighted by atomic mass is 19.1. The van der Waals surface area contributed by atoms with Crippen LogP contribution in [-0.4, -0.2) is 45.7 Å². The largest absolute Gasteiger partial charge is 0.480 e. The zero-order valence-electron chi connectivity index (χ0n) is 9.91. The summed E-state index contributed by atoms with van der Waals surface area (Å²) < 4.78 is 13.1. The summed E-state index contributed by atoms with van der Waals surface area (Å²) in [6, 6.07) is 2.19. The summed E-state index contributed by atoms with van der Waals surface area (Å²) in [4.78, 5) is 24.2. The number of nitrogens with two attached hydrogens (primary N) is 1. The molecule has 1 saturated heterocycles. The van der Waals surface area contributed by atoms with Crippen LogP contribution in [0.3, 0.4) is 0 Å². The Morgan fingerprint density at radius 1 is 1.42 bits per heavy atom. The quantitative estimate of drug-likeness (QED) is 0.658. The van der Waals surface area contributed by atoms with Crippen LogP contribution in [-0.2, 0) is 4.79 Å². The van der Waals surface area contributed by atoms with Gasteiger partial charge in [0.05, 0.1) is 11.7 Å². The minimum absolute atomic E-state index is 0.0453. The Hall–Kier alpha value is -2.15. The maximum absolute atomic E-state index is 13.1. The van der Waals surface area contributed by atoms with Crippen LogP contribution >= 0.6 is 0 Å². The molecule has 0 aromatic heterocycles. The second-order valence-electron chi connectivity index (χ2n) is 4.43. The van der Waals surface area contributed by atoms with E-state index in [1.54, 1.807) is 0 Å². The van der Waals surface area contributed by atoms with E-state index < -0.39 is 29.8 Å². The maximum Gasteiger partial charge on any atom is 0.326 e. The van der Waals surface area contributed by atoms with Crippen molar-refractivity contribution in [2.45, 2.75) is 18.6 Å². The van der Waals surface area contributed by atoms with E-state index in [1.165, 1.54) is 6.07 Å². The topological polar surface area (TPSA) is 104 Å². The lowest BCUT2D eigenvalue weighted by Gasteiger charge is -2.21. The number of carboxylic acid groups (broad SMARTS) is 1. The van der Waals surface area contributed by atoms with Crippen LogP contribution in [0.25, 0.3) is 0 Å². The molecule has 1 fully saturated rings. The summed E-state index contributed by atoms with van der Waals surface area (Å²) in [6.07, 6.45) is -0.948. The number of carboxylic acids is 1. The fraction of sp³-hybridized carbons (Fsp3) is 0.333. The molecule has 7 heteroatoms. The number of nitrogen functional groups attached to an aromatic ring is 1. The van der Waals surface area contributed by atoms with Gasteiger partial charge in [0.15, 0.2) is 0 Å². The third-order valence-electron chi connectivity index (χ3n) is 3.07. The summed E-state index contributed by atoms with van der Waals surface area (Å²) in [5, 5.41) is 18.5. The first kappa shape index (κ1) is 13.3. The molecule has 0 saturated carbocycles. The average Bonchev–Trinajstić information content (AvgIpc) is 2.74. The third kappa shape index (κ3) is 2.50. The van der Waals surface area contributed by atoms with E-state index in [0.717, 1.165) is 17.0 Å². The van der Waals surface area contributed by atoms with Crippen LogP contribution in [0, 0.1) is 5.82 Å². The first-order chi connectivity index (χ1) is 8.90. The van der Waals surface area contributed by atoms with Gasteiger partial charge in [-0.3, -0.25) is 4.79 Å². The minimum atomic E-state index is -1.21. The van der Waals surface area contributed by atoms with Crippen molar-refractivity contribution < 1.29 is 24.2 Å². The van der Waals surface area contributed by atoms with Gasteiger partial charge in [-0.05, 0) is 18.2 Å². The number of aliphatic hydroxyl groups is 1. The van der Waals surface area contributed by atoms with E-state index in [1.807, 2.05) is 0 Å². The highest BCUT2D eigenvalue weighted by molar-refractivity contribution is 6.01. The zero-order valence-corrected chi connectivity index (χ0v) is 9.91. The number of anilines is 1. The molecule has 1 aromatic rings. The average molecular weight is 268 g/mol. The molecule has 19 heavy (non-hydrogen) atoms. The van der Waals surface area contributed by atoms with Crippen molar-refractivity contribution in [3.63, 3.8) is 0 Å². The molecule has 2 rings (SSSR count). The number of likely N-dealkylation sites (tertiary alicyclic amines) is 1. The number of hydrogen-bond donors (Lipinski definition) is 3. The van der Waals surface area contributed by atoms with Gasteiger partial charge in [0.1, 0.15) is 11.9 Å². The van der Waals surface area contributed by atoms with Crippen LogP contribution in [0.5, 0.6) is 0 Å². The molecule has 1 aliphatic rings. The molecule has 0 unspecified atom stereocenters. The fourth-order valence-corrected chi connectivity index (χ4v) is 2.14. The summed E-state index contributed by atoms with van der Waals surface area (Å²) in [7, 11) is 0. The number of benzene rings is 1. The standard InChI is InChI=1S/C12H13FN2O4/c13-6-1-2-9(14)8(3-6)11(17)15-5-7(16)4-10(15)12(18)19/h1-3,7,10,16H,4-5,14H2,(H,18,19)/t7-,10-/m1/s1. The molecule has 1 aromatic carbocycles. The highest BCUT2D eigenvalue weighted by Gasteiger charge is 2.39. The predicted octanol–water partition coefficient (Wildman–Crippen LogP) is 0.0679. The van der Waals surface area contributed by atoms with Gasteiger partial charge in [0.2, 0.25) is 0 Å². The summed E-state index contributed by atoms with van der Waals surface area (Å²) in [6.45, 7) is -0.105. The summed E-state index contributed by atoms with van der Waals surface area (Å²) in [5.74, 6) is -2.54. The van der Waals surface area contributed by atoms with Gasteiger partial charge in [0.25, 0.3) is 5.91 Å². The Morgan fingerprint density at radius 3 is 2.74 bits per heavy atom. The van der Waals surface area contributed by atoms with E-state index >= 15 is 0 Å². The first-order valence-corrected chi connectivity index (χ1v) is 5.67. The van der Waals surface area contributed by atoms with E-state index in [9.17, 15) is 19.1 Å². The van der Waals surface area contributed by atoms with Gasteiger partial charge < -0.3 is 20.8 Å². The monoisotopic (exact) mass is 268 g/mol. The van der Waals surface area contributed by atoms with Crippen molar-refractivity contribution in [2.75, 3.05) is 12.3 Å². The van der Waals surface area contributed by atoms with Crippen molar-refractivity contribution in [3.8, 4) is 0 Å². The molecule has 1 amide bonds. The first-order valence-electron chi connectivity index (χ1n) is 5.67. The van der Waals surface area contributed by atoms with Crippen molar-refractivity contribution >= 4 is 17.6 Å². The number of aliphatic carboxylic acids is 1. The van der Waals surface area contributed by atoms with Gasteiger partial charge in [0, 0.05) is 18.7 Å². The summed E-state index contributed by atoms with van der Waals surface area (Å²) in [5.41, 5.74) is 5.56. The van der Waals surface area contributed by atoms with Crippen LogP contribution in [0.4, 0.5) is 10.1 Å². The third-order valence-corrected chi connectivity index (χ3v) is 3.07. The molecule has 6 nitrogen and oxygen atoms in total. The van der Waals surface area contributed by atoms with Crippen LogP contribution in [0.2, 0.25) is 0 Å². The normalized spacial score (nSPS) is 22.5. The lowest BCUT2D eigenvalue weighted by Crippen LogP contribution is -2.40. The van der Waals surface area contributed by atoms with Gasteiger partial charge in [-0.1, -0.05) is 0 Å². The smallest absolute Gasteiger partial charge is 0.326 e. The van der Waals surface area contributed by atoms with Gasteiger partial charge in [-0.15, -0.1) is 0 Å². The van der Waals surface area contributed by atoms with E-state index in [2.05, 4.69) is 0 Å². The zero-order chi connectivity index (χ0) is 14.2. The summed E-state index contributed by atoms with van der Waals surface area (Å²) >= 11 is 0. The predicted molar refractivity (Wildman–Crippen MR) is 63.9 cm³/mol. The number of β-amino-alcohol motifs (C(OH)–C–C–N with tert-alkyl or cyclic N) is 1. The fourth-order valence-electron chi connectivity index (χ4n) is 2.14. The molecule has 1 aliphatic heterocycles. The van der Waals surface area contributed by atoms with E-state index in [-0.39, 0.29) is 24.2 Å². The SMILES string of the molecule is Nc1ccc(F)cc1C(=O)N1C[C@H](O)C[C@@H]1C(=O)O. The number of nitrogens with zero attached hydrogens (tertiary/aromatic N) is 1. The van der Waals surface area contributed by atoms with Crippen LogP contribution in [0.15, 0.2) is 18.2 Å². The molecule has 0 aliphatic carbocycles. The molecule has 102 valence electrons. The van der Waals surface area contributed by atoms with Crippen molar-refractivity contribution in [3.05, 3.63) is 29.6 Å². The van der Waals surface area contributed by atoms with Crippen molar-refractivity contribution in [1.82, 2.24) is 4.90 Å². The van der Waals surface area contributed by atoms with Gasteiger partial charge in [-0.2, -0.15) is 0 Å². The Bertz CT molecular complexity index is 534. The second kappa shape index (κ2) is 4.85. The van der Waals surface area contributed by atoms with Gasteiger partial charge >= 0.3 is 5.97 Å². The number of amides is 1. The van der Waals surface area contributed by atoms with E-state index in [0.29, 0.717) is 0 Å². The number of carbonyl (C=O) groups is 2. The minimum Gasteiger partial charge on any atom is -0.480 e. The molecule has 4 N–H and O–H groups in total. The maximum atomic E-state index is 13.1. The molecule has 0 radical (unpaired) electrons. The van der Waals surface area contributed by atoms with E-state index in [4.69, 9.17) is 10.8 Å². The molecule has 0 spiro atoms. The number of carbonyl (C=O) groups excluding carboxylic acids is 1. The highest BCUT2D eigenvalue weighted by Crippen LogP contribution is 2.23. The number of aliphatic hydroxyl groups excluding tert-OH is 1. The van der Waals surface area contributed by atoms with Crippen LogP contribution in [0.1, 0.15) is 16.8 Å². The Balaban J connectivity index is 2.33.